The topological polar surface area (TPSA) is 83.1 Å². The lowest BCUT2D eigenvalue weighted by Crippen LogP contribution is -1.84. The number of hydrogen-bond donors (Lipinski definition) is 2. The molecule has 14 heavy (non-hydrogen) atoms. The minimum Gasteiger partial charge on any atom is -0.197 e. The summed E-state index contributed by atoms with van der Waals surface area (Å²) in [4.78, 5) is 0. The molecule has 0 aliphatic carbocycles. The van der Waals surface area contributed by atoms with Crippen molar-refractivity contribution in [3.63, 3.8) is 0 Å². The maximum absolute atomic E-state index is 3.93. The van der Waals surface area contributed by atoms with E-state index in [1.165, 1.54) is 0 Å². The molecule has 0 bridgehead atoms. The molecule has 6 nitrogen and oxygen atoms in total. The number of rotatable bonds is 5. The summed E-state index contributed by atoms with van der Waals surface area (Å²) in [5.41, 5.74) is 0. The zero-order valence-corrected chi connectivity index (χ0v) is 8.81. The van der Waals surface area contributed by atoms with E-state index in [-0.39, 0.29) is 0 Å². The fraction of sp³-hybridized carbons (Fsp3) is 0.333. The summed E-state index contributed by atoms with van der Waals surface area (Å²) >= 11 is 3.33. The molecular weight excluding hydrogens is 220 g/mol. The predicted molar refractivity (Wildman–Crippen MR) is 54.2 cm³/mol. The maximum Gasteiger partial charge on any atom is 0.138 e. The summed E-state index contributed by atoms with van der Waals surface area (Å²) in [6.45, 7) is 0. The number of nitrogens with one attached hydrogen (secondary N) is 2. The smallest absolute Gasteiger partial charge is 0.138 e. The molecule has 2 heterocycles. The van der Waals surface area contributed by atoms with E-state index in [0.29, 0.717) is 0 Å². The predicted octanol–water partition coefficient (Wildman–Crippen LogP) is 0.807. The number of H-pyrrole nitrogens is 2. The Morgan fingerprint density at radius 2 is 1.43 bits per heavy atom. The second kappa shape index (κ2) is 5.01. The molecule has 0 aromatic carbocycles. The van der Waals surface area contributed by atoms with Crippen molar-refractivity contribution in [3.05, 3.63) is 12.4 Å². The molecular formula is C6H8N6S2. The highest BCUT2D eigenvalue weighted by Crippen LogP contribution is 2.18. The van der Waals surface area contributed by atoms with Crippen molar-refractivity contribution >= 4 is 23.5 Å². The summed E-state index contributed by atoms with van der Waals surface area (Å²) in [6.07, 6.45) is 3.43. The van der Waals surface area contributed by atoms with Crippen LogP contribution in [0, 0.1) is 0 Å². The quantitative estimate of drug-likeness (QED) is 0.582. The van der Waals surface area contributed by atoms with Crippen molar-refractivity contribution in [2.45, 2.75) is 10.1 Å². The highest BCUT2D eigenvalue weighted by molar-refractivity contribution is 8.02. The number of hydrogen-bond acceptors (Lipinski definition) is 6. The van der Waals surface area contributed by atoms with Gasteiger partial charge in [0, 0.05) is 11.5 Å². The highest BCUT2D eigenvalue weighted by atomic mass is 32.2. The fourth-order valence-corrected chi connectivity index (χ4v) is 2.36. The van der Waals surface area contributed by atoms with Crippen molar-refractivity contribution in [2.75, 3.05) is 11.5 Å². The Labute approximate surface area is 88.6 Å². The van der Waals surface area contributed by atoms with Crippen LogP contribution in [0.4, 0.5) is 0 Å². The van der Waals surface area contributed by atoms with E-state index in [9.17, 15) is 0 Å². The first kappa shape index (κ1) is 9.53. The lowest BCUT2D eigenvalue weighted by molar-refractivity contribution is 0.910. The molecule has 0 fully saturated rings. The third-order valence-corrected chi connectivity index (χ3v) is 3.43. The molecule has 0 aliphatic heterocycles. The van der Waals surface area contributed by atoms with Gasteiger partial charge in [-0.3, -0.25) is 0 Å². The Hall–Kier alpha value is -1.02. The van der Waals surface area contributed by atoms with Crippen molar-refractivity contribution in [3.8, 4) is 0 Å². The molecule has 0 saturated heterocycles. The Bertz CT molecular complexity index is 308. The molecule has 2 N–H and O–H groups in total. The summed E-state index contributed by atoms with van der Waals surface area (Å²) in [7, 11) is 0. The maximum atomic E-state index is 3.93. The van der Waals surface area contributed by atoms with Crippen molar-refractivity contribution in [1.82, 2.24) is 30.8 Å². The molecule has 0 unspecified atom stereocenters. The number of aromatic nitrogens is 6. The minimum atomic E-state index is 0.922. The van der Waals surface area contributed by atoms with Gasteiger partial charge in [0.1, 0.15) is 10.1 Å². The summed E-state index contributed by atoms with van der Waals surface area (Å²) < 4.78 is 0. The van der Waals surface area contributed by atoms with Crippen LogP contribution in [0.15, 0.2) is 22.4 Å². The van der Waals surface area contributed by atoms with Crippen LogP contribution in [-0.4, -0.2) is 42.3 Å². The zero-order valence-electron chi connectivity index (χ0n) is 7.17. The average molecular weight is 228 g/mol. The first-order valence-corrected chi connectivity index (χ1v) is 5.89. The Morgan fingerprint density at radius 3 is 1.79 bits per heavy atom. The highest BCUT2D eigenvalue weighted by Gasteiger charge is 1.99. The van der Waals surface area contributed by atoms with Gasteiger partial charge in [0.15, 0.2) is 0 Å². The second-order valence-electron chi connectivity index (χ2n) is 2.31. The van der Waals surface area contributed by atoms with Gasteiger partial charge in [-0.15, -0.1) is 33.7 Å². The van der Waals surface area contributed by atoms with Crippen LogP contribution in [0.25, 0.3) is 0 Å². The van der Waals surface area contributed by atoms with Crippen LogP contribution < -0.4 is 0 Å². The average Bonchev–Trinajstić information content (AvgIpc) is 2.86. The molecule has 74 valence electrons. The molecule has 2 aromatic rings. The van der Waals surface area contributed by atoms with Gasteiger partial charge in [0.2, 0.25) is 0 Å². The largest absolute Gasteiger partial charge is 0.197 e. The van der Waals surface area contributed by atoms with Gasteiger partial charge in [-0.05, 0) is 0 Å². The SMILES string of the molecule is c1n[nH]nc1SCCSc1cn[nH]n1. The zero-order chi connectivity index (χ0) is 9.64. The lowest BCUT2D eigenvalue weighted by atomic mass is 10.9. The van der Waals surface area contributed by atoms with Gasteiger partial charge >= 0.3 is 0 Å². The van der Waals surface area contributed by atoms with E-state index in [4.69, 9.17) is 0 Å². The van der Waals surface area contributed by atoms with Crippen molar-refractivity contribution < 1.29 is 0 Å². The third-order valence-electron chi connectivity index (χ3n) is 1.37. The van der Waals surface area contributed by atoms with Crippen molar-refractivity contribution in [1.29, 1.82) is 0 Å². The molecule has 0 aliphatic rings. The molecule has 2 rings (SSSR count). The second-order valence-corrected chi connectivity index (χ2v) is 4.54. The van der Waals surface area contributed by atoms with Gasteiger partial charge < -0.3 is 0 Å². The van der Waals surface area contributed by atoms with Crippen LogP contribution >= 0.6 is 23.5 Å². The van der Waals surface area contributed by atoms with Crippen LogP contribution in [-0.2, 0) is 0 Å². The summed E-state index contributed by atoms with van der Waals surface area (Å²) in [5.74, 6) is 1.95. The molecule has 0 saturated carbocycles. The Morgan fingerprint density at radius 1 is 0.929 bits per heavy atom. The van der Waals surface area contributed by atoms with Crippen LogP contribution in [0.3, 0.4) is 0 Å². The monoisotopic (exact) mass is 228 g/mol. The molecule has 0 atom stereocenters. The van der Waals surface area contributed by atoms with E-state index in [0.717, 1.165) is 21.6 Å². The van der Waals surface area contributed by atoms with E-state index in [1.807, 2.05) is 0 Å². The van der Waals surface area contributed by atoms with E-state index >= 15 is 0 Å². The molecule has 0 amide bonds. The van der Waals surface area contributed by atoms with E-state index in [1.54, 1.807) is 35.9 Å². The minimum absolute atomic E-state index is 0.922. The number of thioether (sulfide) groups is 2. The van der Waals surface area contributed by atoms with Gasteiger partial charge in [0.05, 0.1) is 12.4 Å². The Kier molecular flexibility index (Phi) is 3.41. The van der Waals surface area contributed by atoms with Gasteiger partial charge in [-0.2, -0.15) is 20.6 Å². The molecule has 2 aromatic heterocycles. The Balaban J connectivity index is 1.65. The normalized spacial score (nSPS) is 10.6. The first-order valence-electron chi connectivity index (χ1n) is 3.92. The van der Waals surface area contributed by atoms with Gasteiger partial charge in [-0.25, -0.2) is 0 Å². The summed E-state index contributed by atoms with van der Waals surface area (Å²) in [6, 6.07) is 0. The van der Waals surface area contributed by atoms with Crippen LogP contribution in [0.2, 0.25) is 0 Å². The van der Waals surface area contributed by atoms with Crippen molar-refractivity contribution in [2.24, 2.45) is 0 Å². The summed E-state index contributed by atoms with van der Waals surface area (Å²) in [5, 5.41) is 22.3. The van der Waals surface area contributed by atoms with E-state index < -0.39 is 0 Å². The standard InChI is InChI=1S/C6H8N6S2/c1(13-5-3-7-11-9-5)2-14-6-4-8-12-10-6/h3-4H,1-2H2,(H,7,9,11)(H,8,10,12). The number of nitrogens with zero attached hydrogens (tertiary/aromatic N) is 4. The third kappa shape index (κ3) is 2.74. The van der Waals surface area contributed by atoms with Crippen LogP contribution in [0.5, 0.6) is 0 Å². The lowest BCUT2D eigenvalue weighted by Gasteiger charge is -1.94. The fourth-order valence-electron chi connectivity index (χ4n) is 0.814. The molecule has 8 heteroatoms. The molecule has 0 radical (unpaired) electrons. The first-order chi connectivity index (χ1) is 6.95. The van der Waals surface area contributed by atoms with Crippen LogP contribution in [0.1, 0.15) is 0 Å². The molecule has 0 spiro atoms. The number of aromatic amines is 2. The van der Waals surface area contributed by atoms with Gasteiger partial charge in [-0.1, -0.05) is 0 Å². The van der Waals surface area contributed by atoms with Gasteiger partial charge in [0.25, 0.3) is 0 Å². The van der Waals surface area contributed by atoms with E-state index in [2.05, 4.69) is 30.8 Å².